The number of hydrogen-bond donors (Lipinski definition) is 3. The van der Waals surface area contributed by atoms with Crippen LogP contribution in [0.1, 0.15) is 10.4 Å². The molecular weight excluding hydrogens is 282 g/mol. The quantitative estimate of drug-likeness (QED) is 0.325. The predicted molar refractivity (Wildman–Crippen MR) is 72.8 cm³/mol. The van der Waals surface area contributed by atoms with Crippen molar-refractivity contribution in [3.8, 4) is 0 Å². The van der Waals surface area contributed by atoms with E-state index in [9.17, 15) is 19.7 Å². The van der Waals surface area contributed by atoms with Gasteiger partial charge in [-0.2, -0.15) is 0 Å². The van der Waals surface area contributed by atoms with Gasteiger partial charge >= 0.3 is 0 Å². The molecule has 1 aromatic heterocycles. The van der Waals surface area contributed by atoms with Crippen LogP contribution in [0.4, 0.5) is 11.5 Å². The second kappa shape index (κ2) is 7.75. The van der Waals surface area contributed by atoms with Crippen molar-refractivity contribution < 1.29 is 19.2 Å². The van der Waals surface area contributed by atoms with Crippen LogP contribution in [0, 0.1) is 10.1 Å². The first kappa shape index (κ1) is 16.3. The molecule has 0 atom stereocenters. The second-order valence-corrected chi connectivity index (χ2v) is 3.87. The third-order valence-corrected chi connectivity index (χ3v) is 2.34. The largest absolute Gasteiger partial charge is 0.372 e. The SMILES string of the molecule is CNc1ncc([N+](=O)[O-])cc1C(=O)NCCOCC(N)=O. The molecule has 0 radical (unpaired) electrons. The van der Waals surface area contributed by atoms with E-state index in [1.807, 2.05) is 0 Å². The van der Waals surface area contributed by atoms with Crippen LogP contribution < -0.4 is 16.4 Å². The standard InChI is InChI=1S/C11H15N5O5/c1-13-10-8(4-7(5-15-10)16(19)20)11(18)14-2-3-21-6-9(12)17/h4-5H,2-3,6H2,1H3,(H2,12,17)(H,13,15)(H,14,18). The lowest BCUT2D eigenvalue weighted by Gasteiger charge is -2.09. The maximum atomic E-state index is 11.9. The fraction of sp³-hybridized carbons (Fsp3) is 0.364. The highest BCUT2D eigenvalue weighted by molar-refractivity contribution is 5.99. The van der Waals surface area contributed by atoms with Crippen LogP contribution in [0.2, 0.25) is 0 Å². The van der Waals surface area contributed by atoms with E-state index in [4.69, 9.17) is 10.5 Å². The molecule has 0 aliphatic carbocycles. The molecule has 0 aromatic carbocycles. The van der Waals surface area contributed by atoms with Gasteiger partial charge in [-0.05, 0) is 0 Å². The summed E-state index contributed by atoms with van der Waals surface area (Å²) in [6.07, 6.45) is 1.05. The number of nitrogens with zero attached hydrogens (tertiary/aromatic N) is 2. The summed E-state index contributed by atoms with van der Waals surface area (Å²) < 4.78 is 4.87. The number of carbonyl (C=O) groups excluding carboxylic acids is 2. The van der Waals surface area contributed by atoms with Gasteiger partial charge in [-0.25, -0.2) is 4.98 Å². The van der Waals surface area contributed by atoms with Gasteiger partial charge < -0.3 is 21.1 Å². The summed E-state index contributed by atoms with van der Waals surface area (Å²) in [5, 5.41) is 15.9. The monoisotopic (exact) mass is 297 g/mol. The number of rotatable bonds is 8. The number of carbonyl (C=O) groups is 2. The lowest BCUT2D eigenvalue weighted by Crippen LogP contribution is -2.29. The molecule has 2 amide bonds. The van der Waals surface area contributed by atoms with Crippen molar-refractivity contribution in [1.82, 2.24) is 10.3 Å². The van der Waals surface area contributed by atoms with Gasteiger partial charge in [0.2, 0.25) is 5.91 Å². The van der Waals surface area contributed by atoms with E-state index in [0.29, 0.717) is 0 Å². The van der Waals surface area contributed by atoms with Gasteiger partial charge in [0.25, 0.3) is 11.6 Å². The Balaban J connectivity index is 2.65. The highest BCUT2D eigenvalue weighted by Gasteiger charge is 2.17. The summed E-state index contributed by atoms with van der Waals surface area (Å²) in [5.74, 6) is -0.934. The van der Waals surface area contributed by atoms with Crippen molar-refractivity contribution in [1.29, 1.82) is 0 Å². The Labute approximate surface area is 119 Å². The first-order valence-corrected chi connectivity index (χ1v) is 5.92. The zero-order valence-electron chi connectivity index (χ0n) is 11.3. The average Bonchev–Trinajstić information content (AvgIpc) is 2.45. The molecule has 0 aliphatic heterocycles. The van der Waals surface area contributed by atoms with Gasteiger partial charge in [-0.3, -0.25) is 19.7 Å². The van der Waals surface area contributed by atoms with Crippen LogP contribution in [0.25, 0.3) is 0 Å². The topological polar surface area (TPSA) is 149 Å². The Kier molecular flexibility index (Phi) is 6.01. The summed E-state index contributed by atoms with van der Waals surface area (Å²) in [6.45, 7) is -0.0279. The molecule has 0 saturated heterocycles. The molecular formula is C11H15N5O5. The van der Waals surface area contributed by atoms with Crippen molar-refractivity contribution in [3.63, 3.8) is 0 Å². The van der Waals surface area contributed by atoms with Crippen LogP contribution >= 0.6 is 0 Å². The minimum atomic E-state index is -0.640. The number of nitrogens with two attached hydrogens (primary N) is 1. The minimum absolute atomic E-state index is 0.0431. The highest BCUT2D eigenvalue weighted by Crippen LogP contribution is 2.18. The first-order valence-electron chi connectivity index (χ1n) is 5.92. The Morgan fingerprint density at radius 3 is 2.81 bits per heavy atom. The van der Waals surface area contributed by atoms with E-state index < -0.39 is 16.7 Å². The van der Waals surface area contributed by atoms with Gasteiger partial charge in [0.1, 0.15) is 18.6 Å². The second-order valence-electron chi connectivity index (χ2n) is 3.87. The number of aromatic nitrogens is 1. The van der Waals surface area contributed by atoms with E-state index in [1.54, 1.807) is 7.05 Å². The maximum Gasteiger partial charge on any atom is 0.288 e. The van der Waals surface area contributed by atoms with E-state index >= 15 is 0 Å². The Morgan fingerprint density at radius 1 is 1.52 bits per heavy atom. The highest BCUT2D eigenvalue weighted by atomic mass is 16.6. The van der Waals surface area contributed by atoms with Crippen LogP contribution in [-0.4, -0.2) is 48.5 Å². The first-order chi connectivity index (χ1) is 9.95. The summed E-state index contributed by atoms with van der Waals surface area (Å²) >= 11 is 0. The number of anilines is 1. The van der Waals surface area contributed by atoms with Crippen LogP contribution in [-0.2, 0) is 9.53 Å². The van der Waals surface area contributed by atoms with Crippen molar-refractivity contribution in [2.24, 2.45) is 5.73 Å². The Hall–Kier alpha value is -2.75. The van der Waals surface area contributed by atoms with Crippen LogP contribution in [0.15, 0.2) is 12.3 Å². The normalized spacial score (nSPS) is 9.95. The third-order valence-electron chi connectivity index (χ3n) is 2.34. The fourth-order valence-electron chi connectivity index (χ4n) is 1.43. The van der Waals surface area contributed by atoms with E-state index in [-0.39, 0.29) is 36.8 Å². The molecule has 0 bridgehead atoms. The molecule has 4 N–H and O–H groups in total. The Morgan fingerprint density at radius 2 is 2.24 bits per heavy atom. The van der Waals surface area contributed by atoms with E-state index in [1.165, 1.54) is 0 Å². The number of ether oxygens (including phenoxy) is 1. The molecule has 0 spiro atoms. The number of nitrogens with one attached hydrogen (secondary N) is 2. The summed E-state index contributed by atoms with van der Waals surface area (Å²) in [7, 11) is 1.54. The molecule has 114 valence electrons. The molecule has 0 fully saturated rings. The molecule has 1 aromatic rings. The summed E-state index contributed by atoms with van der Waals surface area (Å²) in [6, 6.07) is 1.12. The van der Waals surface area contributed by atoms with Gasteiger partial charge in [-0.15, -0.1) is 0 Å². The van der Waals surface area contributed by atoms with Crippen molar-refractivity contribution in [3.05, 3.63) is 27.9 Å². The summed E-state index contributed by atoms with van der Waals surface area (Å²) in [5.41, 5.74) is 4.63. The van der Waals surface area contributed by atoms with Gasteiger partial charge in [-0.1, -0.05) is 0 Å². The molecule has 1 heterocycles. The fourth-order valence-corrected chi connectivity index (χ4v) is 1.43. The van der Waals surface area contributed by atoms with Crippen molar-refractivity contribution >= 4 is 23.3 Å². The molecule has 10 heteroatoms. The van der Waals surface area contributed by atoms with Gasteiger partial charge in [0, 0.05) is 19.7 Å². The number of amides is 2. The zero-order valence-corrected chi connectivity index (χ0v) is 11.3. The molecule has 21 heavy (non-hydrogen) atoms. The minimum Gasteiger partial charge on any atom is -0.372 e. The summed E-state index contributed by atoms with van der Waals surface area (Å²) in [4.78, 5) is 36.2. The predicted octanol–water partition coefficient (Wildman–Crippen LogP) is -0.737. The smallest absolute Gasteiger partial charge is 0.288 e. The van der Waals surface area contributed by atoms with Crippen LogP contribution in [0.3, 0.4) is 0 Å². The lowest BCUT2D eigenvalue weighted by atomic mass is 10.2. The molecule has 1 rings (SSSR count). The van der Waals surface area contributed by atoms with Crippen molar-refractivity contribution in [2.75, 3.05) is 32.1 Å². The van der Waals surface area contributed by atoms with Gasteiger partial charge in [0.15, 0.2) is 0 Å². The van der Waals surface area contributed by atoms with E-state index in [2.05, 4.69) is 15.6 Å². The molecule has 0 aliphatic rings. The number of pyridine rings is 1. The number of nitro groups is 1. The average molecular weight is 297 g/mol. The molecule has 10 nitrogen and oxygen atoms in total. The Bertz CT molecular complexity index is 548. The molecule has 0 unspecified atom stereocenters. The van der Waals surface area contributed by atoms with Crippen molar-refractivity contribution in [2.45, 2.75) is 0 Å². The van der Waals surface area contributed by atoms with Gasteiger partial charge in [0.05, 0.1) is 17.1 Å². The molecule has 0 saturated carbocycles. The number of hydrogen-bond acceptors (Lipinski definition) is 7. The maximum absolute atomic E-state index is 11.9. The lowest BCUT2D eigenvalue weighted by molar-refractivity contribution is -0.385. The van der Waals surface area contributed by atoms with Crippen LogP contribution in [0.5, 0.6) is 0 Å². The number of primary amides is 1. The zero-order chi connectivity index (χ0) is 15.8. The third kappa shape index (κ3) is 5.03. The van der Waals surface area contributed by atoms with E-state index in [0.717, 1.165) is 12.3 Å².